The molecule has 20 heavy (non-hydrogen) atoms. The Morgan fingerprint density at radius 1 is 1.25 bits per heavy atom. The molecule has 1 unspecified atom stereocenters. The van der Waals surface area contributed by atoms with E-state index in [2.05, 4.69) is 9.97 Å². The van der Waals surface area contributed by atoms with Crippen LogP contribution in [-0.4, -0.2) is 22.2 Å². The molecular weight excluding hydrogens is 256 g/mol. The van der Waals surface area contributed by atoms with Gasteiger partial charge in [0, 0.05) is 11.5 Å². The molecule has 0 saturated heterocycles. The summed E-state index contributed by atoms with van der Waals surface area (Å²) >= 11 is 0. The number of benzene rings is 1. The van der Waals surface area contributed by atoms with Crippen molar-refractivity contribution in [2.24, 2.45) is 0 Å². The molecule has 0 aliphatic heterocycles. The Bertz CT molecular complexity index is 752. The summed E-state index contributed by atoms with van der Waals surface area (Å²) in [4.78, 5) is 7.97. The minimum absolute atomic E-state index is 0.404. The number of para-hydroxylation sites is 1. The Labute approximate surface area is 115 Å². The zero-order valence-electron chi connectivity index (χ0n) is 11.2. The van der Waals surface area contributed by atoms with Gasteiger partial charge >= 0.3 is 0 Å². The van der Waals surface area contributed by atoms with E-state index in [1.165, 1.54) is 13.4 Å². The van der Waals surface area contributed by atoms with E-state index in [4.69, 9.17) is 9.15 Å². The van der Waals surface area contributed by atoms with Crippen LogP contribution in [0.4, 0.5) is 0 Å². The predicted octanol–water partition coefficient (Wildman–Crippen LogP) is 2.62. The molecule has 1 N–H and O–H groups in total. The first-order chi connectivity index (χ1) is 9.69. The van der Waals surface area contributed by atoms with Crippen molar-refractivity contribution >= 4 is 11.0 Å². The molecule has 3 rings (SSSR count). The average molecular weight is 270 g/mol. The molecule has 0 amide bonds. The first-order valence-corrected chi connectivity index (χ1v) is 6.22. The second-order valence-corrected chi connectivity index (χ2v) is 4.53. The monoisotopic (exact) mass is 270 g/mol. The van der Waals surface area contributed by atoms with Crippen LogP contribution in [0.5, 0.6) is 5.88 Å². The summed E-state index contributed by atoms with van der Waals surface area (Å²) in [5.41, 5.74) is 2.25. The predicted molar refractivity (Wildman–Crippen MR) is 73.6 cm³/mol. The summed E-state index contributed by atoms with van der Waals surface area (Å²) in [5, 5.41) is 11.3. The van der Waals surface area contributed by atoms with Crippen LogP contribution in [0.3, 0.4) is 0 Å². The maximum Gasteiger partial charge on any atom is 0.216 e. The third-order valence-corrected chi connectivity index (χ3v) is 3.18. The third-order valence-electron chi connectivity index (χ3n) is 3.18. The molecule has 0 aliphatic carbocycles. The molecular formula is C15H14N2O3. The molecule has 2 heterocycles. The van der Waals surface area contributed by atoms with Crippen LogP contribution in [0, 0.1) is 6.92 Å². The molecule has 5 heteroatoms. The lowest BCUT2D eigenvalue weighted by molar-refractivity contribution is 0.187. The molecule has 0 radical (unpaired) electrons. The van der Waals surface area contributed by atoms with Gasteiger partial charge in [-0.1, -0.05) is 18.2 Å². The van der Waals surface area contributed by atoms with Gasteiger partial charge in [-0.05, 0) is 18.6 Å². The van der Waals surface area contributed by atoms with Gasteiger partial charge in [0.05, 0.1) is 12.8 Å². The van der Waals surface area contributed by atoms with Crippen molar-refractivity contribution in [2.75, 3.05) is 7.11 Å². The molecule has 0 aliphatic rings. The van der Waals surface area contributed by atoms with Gasteiger partial charge in [-0.25, -0.2) is 9.97 Å². The zero-order valence-corrected chi connectivity index (χ0v) is 11.2. The van der Waals surface area contributed by atoms with Crippen LogP contribution in [0.1, 0.15) is 23.1 Å². The van der Waals surface area contributed by atoms with Crippen LogP contribution in [-0.2, 0) is 0 Å². The standard InChI is InChI=1S/C15H14N2O3/c1-9-4-3-5-10-6-12(20-15(9)10)14(18)11-7-13(19-2)17-8-16-11/h3-8,14,18H,1-2H3. The second kappa shape index (κ2) is 4.94. The van der Waals surface area contributed by atoms with Gasteiger partial charge in [0.25, 0.3) is 0 Å². The van der Waals surface area contributed by atoms with Crippen molar-refractivity contribution < 1.29 is 14.3 Å². The van der Waals surface area contributed by atoms with Gasteiger partial charge in [-0.15, -0.1) is 0 Å². The Morgan fingerprint density at radius 3 is 2.85 bits per heavy atom. The van der Waals surface area contributed by atoms with Crippen molar-refractivity contribution in [1.29, 1.82) is 0 Å². The van der Waals surface area contributed by atoms with Gasteiger partial charge in [-0.3, -0.25) is 0 Å². The SMILES string of the molecule is COc1cc(C(O)c2cc3cccc(C)c3o2)ncn1. The largest absolute Gasteiger partial charge is 0.481 e. The fourth-order valence-electron chi connectivity index (χ4n) is 2.12. The summed E-state index contributed by atoms with van der Waals surface area (Å²) in [7, 11) is 1.52. The van der Waals surface area contributed by atoms with Gasteiger partial charge < -0.3 is 14.3 Å². The number of ether oxygens (including phenoxy) is 1. The minimum atomic E-state index is -0.946. The van der Waals surface area contributed by atoms with Gasteiger partial charge in [0.1, 0.15) is 17.7 Å². The number of rotatable bonds is 3. The van der Waals surface area contributed by atoms with E-state index in [-0.39, 0.29) is 0 Å². The molecule has 1 aromatic carbocycles. The number of methoxy groups -OCH3 is 1. The normalized spacial score (nSPS) is 12.6. The van der Waals surface area contributed by atoms with Crippen molar-refractivity contribution in [2.45, 2.75) is 13.0 Å². The highest BCUT2D eigenvalue weighted by atomic mass is 16.5. The number of aliphatic hydroxyl groups excluding tert-OH is 1. The fourth-order valence-corrected chi connectivity index (χ4v) is 2.12. The summed E-state index contributed by atoms with van der Waals surface area (Å²) in [6.07, 6.45) is 0.407. The maximum absolute atomic E-state index is 10.4. The van der Waals surface area contributed by atoms with Crippen LogP contribution >= 0.6 is 0 Å². The van der Waals surface area contributed by atoms with Crippen LogP contribution in [0.2, 0.25) is 0 Å². The lowest BCUT2D eigenvalue weighted by Crippen LogP contribution is -2.02. The number of aliphatic hydroxyl groups is 1. The van der Waals surface area contributed by atoms with Crippen LogP contribution in [0.25, 0.3) is 11.0 Å². The highest BCUT2D eigenvalue weighted by Crippen LogP contribution is 2.29. The zero-order chi connectivity index (χ0) is 14.1. The highest BCUT2D eigenvalue weighted by molar-refractivity contribution is 5.81. The van der Waals surface area contributed by atoms with Gasteiger partial charge in [0.2, 0.25) is 5.88 Å². The quantitative estimate of drug-likeness (QED) is 0.792. The van der Waals surface area contributed by atoms with E-state index in [1.54, 1.807) is 6.07 Å². The van der Waals surface area contributed by atoms with Crippen LogP contribution < -0.4 is 4.74 Å². The Morgan fingerprint density at radius 2 is 2.10 bits per heavy atom. The van der Waals surface area contributed by atoms with Crippen molar-refractivity contribution in [3.63, 3.8) is 0 Å². The molecule has 2 aromatic heterocycles. The lowest BCUT2D eigenvalue weighted by atomic mass is 10.1. The van der Waals surface area contributed by atoms with E-state index in [0.717, 1.165) is 16.5 Å². The number of hydrogen-bond acceptors (Lipinski definition) is 5. The Kier molecular flexibility index (Phi) is 3.12. The molecule has 3 aromatic rings. The molecule has 0 saturated carbocycles. The number of aryl methyl sites for hydroxylation is 1. The third kappa shape index (κ3) is 2.12. The summed E-state index contributed by atoms with van der Waals surface area (Å²) < 4.78 is 10.8. The maximum atomic E-state index is 10.4. The molecule has 0 fully saturated rings. The Hall–Kier alpha value is -2.40. The van der Waals surface area contributed by atoms with Crippen molar-refractivity contribution in [1.82, 2.24) is 9.97 Å². The van der Waals surface area contributed by atoms with Gasteiger partial charge in [0.15, 0.2) is 6.10 Å². The van der Waals surface area contributed by atoms with Crippen molar-refractivity contribution in [3.8, 4) is 5.88 Å². The summed E-state index contributed by atoms with van der Waals surface area (Å²) in [6.45, 7) is 1.97. The highest BCUT2D eigenvalue weighted by Gasteiger charge is 2.18. The van der Waals surface area contributed by atoms with Gasteiger partial charge in [-0.2, -0.15) is 0 Å². The van der Waals surface area contributed by atoms with Crippen molar-refractivity contribution in [3.05, 3.63) is 53.7 Å². The fraction of sp³-hybridized carbons (Fsp3) is 0.200. The van der Waals surface area contributed by atoms with E-state index in [9.17, 15) is 5.11 Å². The molecule has 5 nitrogen and oxygen atoms in total. The van der Waals surface area contributed by atoms with Crippen LogP contribution in [0.15, 0.2) is 41.1 Å². The number of fused-ring (bicyclic) bond motifs is 1. The first-order valence-electron chi connectivity index (χ1n) is 6.22. The summed E-state index contributed by atoms with van der Waals surface area (Å²) in [5.74, 6) is 0.858. The van der Waals surface area contributed by atoms with E-state index >= 15 is 0 Å². The first kappa shape index (κ1) is 12.6. The molecule has 0 bridgehead atoms. The topological polar surface area (TPSA) is 68.4 Å². The number of hydrogen-bond donors (Lipinski definition) is 1. The lowest BCUT2D eigenvalue weighted by Gasteiger charge is -2.07. The second-order valence-electron chi connectivity index (χ2n) is 4.53. The smallest absolute Gasteiger partial charge is 0.216 e. The Balaban J connectivity index is 2.03. The van der Waals surface area contributed by atoms with E-state index < -0.39 is 6.10 Å². The average Bonchev–Trinajstić information content (AvgIpc) is 2.92. The number of aromatic nitrogens is 2. The summed E-state index contributed by atoms with van der Waals surface area (Å²) in [6, 6.07) is 9.28. The van der Waals surface area contributed by atoms with E-state index in [1.807, 2.05) is 31.2 Å². The number of nitrogens with zero attached hydrogens (tertiary/aromatic N) is 2. The molecule has 102 valence electrons. The van der Waals surface area contributed by atoms with E-state index in [0.29, 0.717) is 17.3 Å². The minimum Gasteiger partial charge on any atom is -0.481 e. The molecule has 0 spiro atoms. The molecule has 1 atom stereocenters. The number of furan rings is 1.